The van der Waals surface area contributed by atoms with Gasteiger partial charge in [0.05, 0.1) is 5.52 Å². The van der Waals surface area contributed by atoms with Crippen LogP contribution in [0.1, 0.15) is 5.56 Å². The van der Waals surface area contributed by atoms with E-state index >= 15 is 0 Å². The molecule has 0 aliphatic rings. The molecule has 150 valence electrons. The zero-order valence-electron chi connectivity index (χ0n) is 14.9. The first kappa shape index (κ1) is 19.4. The lowest BCUT2D eigenvalue weighted by atomic mass is 10.1. The zero-order chi connectivity index (χ0) is 20.6. The Labute approximate surface area is 168 Å². The van der Waals surface area contributed by atoms with Gasteiger partial charge in [0.15, 0.2) is 5.15 Å². The Morgan fingerprint density at radius 3 is 2.62 bits per heavy atom. The number of halogens is 4. The lowest BCUT2D eigenvalue weighted by Crippen LogP contribution is -2.21. The van der Waals surface area contributed by atoms with Crippen molar-refractivity contribution in [1.29, 1.82) is 0 Å². The molecule has 6 nitrogen and oxygen atoms in total. The van der Waals surface area contributed by atoms with Crippen LogP contribution in [0.15, 0.2) is 49.1 Å². The van der Waals surface area contributed by atoms with Crippen LogP contribution in [-0.2, 0) is 13.0 Å². The second-order valence-electron chi connectivity index (χ2n) is 6.51. The van der Waals surface area contributed by atoms with Gasteiger partial charge >= 0.3 is 6.18 Å². The van der Waals surface area contributed by atoms with Crippen LogP contribution in [0.2, 0.25) is 5.15 Å². The summed E-state index contributed by atoms with van der Waals surface area (Å²) in [5.41, 5.74) is 2.20. The zero-order valence-corrected chi connectivity index (χ0v) is 15.6. The van der Waals surface area contributed by atoms with E-state index in [-0.39, 0.29) is 10.7 Å². The minimum atomic E-state index is -4.43. The van der Waals surface area contributed by atoms with Crippen LogP contribution in [0.5, 0.6) is 0 Å². The van der Waals surface area contributed by atoms with Gasteiger partial charge in [-0.25, -0.2) is 9.97 Å². The van der Waals surface area contributed by atoms with Crippen molar-refractivity contribution < 1.29 is 18.3 Å². The van der Waals surface area contributed by atoms with Crippen molar-refractivity contribution in [3.05, 3.63) is 59.8 Å². The van der Waals surface area contributed by atoms with E-state index in [4.69, 9.17) is 11.6 Å². The Hall–Kier alpha value is -2.91. The van der Waals surface area contributed by atoms with Crippen molar-refractivity contribution in [1.82, 2.24) is 19.5 Å². The summed E-state index contributed by atoms with van der Waals surface area (Å²) in [6, 6.07) is 8.37. The standard InChI is InChI=1S/C19H15ClF3N5O/c20-18-17-16(25-10-26-18)13-8-12(1-2-14(13)28(17)9-19(21,22)23)27-15(29)7-11-3-5-24-6-4-11/h1-6,8,10,15,27,29H,7,9H2. The third kappa shape index (κ3) is 4.10. The molecule has 3 heterocycles. The summed E-state index contributed by atoms with van der Waals surface area (Å²) in [7, 11) is 0. The molecule has 0 bridgehead atoms. The summed E-state index contributed by atoms with van der Waals surface area (Å²) in [5, 5.41) is 13.7. The average molecular weight is 422 g/mol. The van der Waals surface area contributed by atoms with Gasteiger partial charge in [0.1, 0.15) is 30.1 Å². The first-order valence-corrected chi connectivity index (χ1v) is 9.02. The fourth-order valence-electron chi connectivity index (χ4n) is 3.29. The molecule has 3 aromatic heterocycles. The summed E-state index contributed by atoms with van der Waals surface area (Å²) < 4.78 is 40.4. The molecule has 0 aliphatic heterocycles. The van der Waals surface area contributed by atoms with E-state index in [1.54, 1.807) is 42.7 Å². The van der Waals surface area contributed by atoms with E-state index in [2.05, 4.69) is 20.3 Å². The molecule has 10 heteroatoms. The molecule has 29 heavy (non-hydrogen) atoms. The second-order valence-corrected chi connectivity index (χ2v) is 6.87. The molecule has 1 aromatic carbocycles. The molecular formula is C19H15ClF3N5O. The van der Waals surface area contributed by atoms with Gasteiger partial charge < -0.3 is 15.0 Å². The van der Waals surface area contributed by atoms with Crippen LogP contribution in [0.4, 0.5) is 18.9 Å². The highest BCUT2D eigenvalue weighted by molar-refractivity contribution is 6.34. The van der Waals surface area contributed by atoms with Crippen LogP contribution in [0, 0.1) is 0 Å². The van der Waals surface area contributed by atoms with E-state index in [0.29, 0.717) is 28.5 Å². The molecule has 4 aromatic rings. The largest absolute Gasteiger partial charge is 0.406 e. The van der Waals surface area contributed by atoms with Gasteiger partial charge in [-0.2, -0.15) is 13.2 Å². The van der Waals surface area contributed by atoms with Crippen LogP contribution < -0.4 is 5.32 Å². The minimum absolute atomic E-state index is 0.0531. The molecular weight excluding hydrogens is 407 g/mol. The number of benzene rings is 1. The number of fused-ring (bicyclic) bond motifs is 3. The topological polar surface area (TPSA) is 75.9 Å². The smallest absolute Gasteiger partial charge is 0.373 e. The quantitative estimate of drug-likeness (QED) is 0.373. The Morgan fingerprint density at radius 2 is 1.90 bits per heavy atom. The summed E-state index contributed by atoms with van der Waals surface area (Å²) in [4.78, 5) is 11.9. The van der Waals surface area contributed by atoms with Crippen molar-refractivity contribution >= 4 is 39.2 Å². The number of rotatable bonds is 5. The van der Waals surface area contributed by atoms with E-state index in [1.807, 2.05) is 0 Å². The van der Waals surface area contributed by atoms with Crippen LogP contribution in [0.3, 0.4) is 0 Å². The maximum absolute atomic E-state index is 13.1. The van der Waals surface area contributed by atoms with Gasteiger partial charge in [0.25, 0.3) is 0 Å². The van der Waals surface area contributed by atoms with Crippen molar-refractivity contribution in [2.75, 3.05) is 5.32 Å². The van der Waals surface area contributed by atoms with Gasteiger partial charge in [0.2, 0.25) is 0 Å². The number of nitrogens with one attached hydrogen (secondary N) is 1. The summed E-state index contributed by atoms with van der Waals surface area (Å²) in [5.74, 6) is 0. The van der Waals surface area contributed by atoms with Gasteiger partial charge in [-0.05, 0) is 35.9 Å². The Bertz CT molecular complexity index is 1160. The number of pyridine rings is 1. The molecule has 2 N–H and O–H groups in total. The highest BCUT2D eigenvalue weighted by atomic mass is 35.5. The number of nitrogens with zero attached hydrogens (tertiary/aromatic N) is 4. The van der Waals surface area contributed by atoms with Crippen molar-refractivity contribution in [3.63, 3.8) is 0 Å². The van der Waals surface area contributed by atoms with E-state index in [1.165, 1.54) is 6.33 Å². The first-order valence-electron chi connectivity index (χ1n) is 8.64. The number of aliphatic hydroxyl groups is 1. The van der Waals surface area contributed by atoms with Gasteiger partial charge in [-0.3, -0.25) is 4.98 Å². The SMILES string of the molecule is OC(Cc1ccncc1)Nc1ccc2c(c1)c1ncnc(Cl)c1n2CC(F)(F)F. The normalized spacial score (nSPS) is 13.1. The van der Waals surface area contributed by atoms with Crippen LogP contribution >= 0.6 is 11.6 Å². The molecule has 0 spiro atoms. The summed E-state index contributed by atoms with van der Waals surface area (Å²) in [6.07, 6.45) is -0.516. The number of hydrogen-bond acceptors (Lipinski definition) is 5. The van der Waals surface area contributed by atoms with Gasteiger partial charge in [0, 0.05) is 29.9 Å². The maximum Gasteiger partial charge on any atom is 0.406 e. The Morgan fingerprint density at radius 1 is 1.14 bits per heavy atom. The van der Waals surface area contributed by atoms with E-state index in [9.17, 15) is 18.3 Å². The highest BCUT2D eigenvalue weighted by Crippen LogP contribution is 2.34. The number of aromatic nitrogens is 4. The predicted molar refractivity (Wildman–Crippen MR) is 104 cm³/mol. The molecule has 1 unspecified atom stereocenters. The van der Waals surface area contributed by atoms with Crippen LogP contribution in [0.25, 0.3) is 21.9 Å². The lowest BCUT2D eigenvalue weighted by molar-refractivity contribution is -0.139. The fraction of sp³-hybridized carbons (Fsp3) is 0.211. The second kappa shape index (κ2) is 7.49. The number of aliphatic hydroxyl groups excluding tert-OH is 1. The maximum atomic E-state index is 13.1. The Kier molecular flexibility index (Phi) is 5.01. The first-order chi connectivity index (χ1) is 13.8. The fourth-order valence-corrected chi connectivity index (χ4v) is 3.53. The van der Waals surface area contributed by atoms with Crippen LogP contribution in [-0.4, -0.2) is 37.0 Å². The summed E-state index contributed by atoms with van der Waals surface area (Å²) >= 11 is 6.08. The van der Waals surface area contributed by atoms with E-state index < -0.39 is 18.9 Å². The molecule has 4 rings (SSSR count). The highest BCUT2D eigenvalue weighted by Gasteiger charge is 2.30. The average Bonchev–Trinajstić information content (AvgIpc) is 2.95. The van der Waals surface area contributed by atoms with Gasteiger partial charge in [-0.1, -0.05) is 11.6 Å². The lowest BCUT2D eigenvalue weighted by Gasteiger charge is -2.15. The van der Waals surface area contributed by atoms with Gasteiger partial charge in [-0.15, -0.1) is 0 Å². The molecule has 0 aliphatic carbocycles. The van der Waals surface area contributed by atoms with Crippen molar-refractivity contribution in [2.45, 2.75) is 25.4 Å². The van der Waals surface area contributed by atoms with Crippen molar-refractivity contribution in [3.8, 4) is 0 Å². The number of anilines is 1. The monoisotopic (exact) mass is 421 g/mol. The predicted octanol–water partition coefficient (Wildman–Crippen LogP) is 4.17. The third-order valence-electron chi connectivity index (χ3n) is 4.44. The molecule has 0 saturated carbocycles. The van der Waals surface area contributed by atoms with E-state index in [0.717, 1.165) is 10.1 Å². The number of hydrogen-bond donors (Lipinski definition) is 2. The van der Waals surface area contributed by atoms with Crippen molar-refractivity contribution in [2.24, 2.45) is 0 Å². The molecule has 0 fully saturated rings. The Balaban J connectivity index is 1.72. The molecule has 1 atom stereocenters. The molecule has 0 saturated heterocycles. The third-order valence-corrected chi connectivity index (χ3v) is 4.72. The molecule has 0 amide bonds. The molecule has 0 radical (unpaired) electrons. The summed E-state index contributed by atoms with van der Waals surface area (Å²) in [6.45, 7) is -1.21. The minimum Gasteiger partial charge on any atom is -0.373 e. The number of alkyl halides is 3.